The molecular weight excluding hydrogens is 192 g/mol. The van der Waals surface area contributed by atoms with Gasteiger partial charge in [0.05, 0.1) is 33.2 Å². The lowest BCUT2D eigenvalue weighted by molar-refractivity contribution is -0.858. The summed E-state index contributed by atoms with van der Waals surface area (Å²) in [4.78, 5) is 11.6. The molecule has 0 aliphatic carbocycles. The van der Waals surface area contributed by atoms with Gasteiger partial charge in [0, 0.05) is 11.9 Å². The standard InChI is InChI=1S/C11H16N2O2/c1-12(2)8-9-13-7-3-4-10(13)5-6-11(14)15/h3-7H,8-9H2,1-2H3,(H,14,15)/b6-5+. The third-order valence-corrected chi connectivity index (χ3v) is 2.11. The van der Waals surface area contributed by atoms with E-state index in [1.807, 2.05) is 22.9 Å². The van der Waals surface area contributed by atoms with E-state index in [2.05, 4.69) is 14.1 Å². The molecule has 0 saturated carbocycles. The molecular formula is C11H16N2O2. The van der Waals surface area contributed by atoms with Crippen molar-refractivity contribution < 1.29 is 14.8 Å². The average molecular weight is 208 g/mol. The largest absolute Gasteiger partial charge is 0.545 e. The molecule has 0 aliphatic heterocycles. The van der Waals surface area contributed by atoms with Crippen LogP contribution >= 0.6 is 0 Å². The maximum Gasteiger partial charge on any atom is 0.0949 e. The topological polar surface area (TPSA) is 49.5 Å². The highest BCUT2D eigenvalue weighted by molar-refractivity contribution is 5.83. The average Bonchev–Trinajstić information content (AvgIpc) is 2.58. The number of rotatable bonds is 5. The number of carbonyl (C=O) groups excluding carboxylic acids is 1. The second kappa shape index (κ2) is 5.36. The molecule has 15 heavy (non-hydrogen) atoms. The lowest BCUT2D eigenvalue weighted by atomic mass is 10.3. The van der Waals surface area contributed by atoms with Gasteiger partial charge in [0.25, 0.3) is 0 Å². The number of carboxylic acids is 1. The lowest BCUT2D eigenvalue weighted by Gasteiger charge is -2.09. The smallest absolute Gasteiger partial charge is 0.0949 e. The Morgan fingerprint density at radius 3 is 2.93 bits per heavy atom. The SMILES string of the molecule is C[NH+](C)CCn1cccc1/C=C/C(=O)[O-]. The summed E-state index contributed by atoms with van der Waals surface area (Å²) in [5, 5.41) is 10.3. The maximum atomic E-state index is 10.3. The van der Waals surface area contributed by atoms with Crippen LogP contribution in [0.1, 0.15) is 5.69 Å². The molecule has 4 heteroatoms. The van der Waals surface area contributed by atoms with Gasteiger partial charge in [-0.3, -0.25) is 0 Å². The number of carbonyl (C=O) groups is 1. The van der Waals surface area contributed by atoms with Gasteiger partial charge in [-0.1, -0.05) is 0 Å². The number of nitrogens with one attached hydrogen (secondary N) is 1. The van der Waals surface area contributed by atoms with Gasteiger partial charge in [0.15, 0.2) is 0 Å². The summed E-state index contributed by atoms with van der Waals surface area (Å²) < 4.78 is 2.02. The van der Waals surface area contributed by atoms with E-state index in [1.54, 1.807) is 6.08 Å². The van der Waals surface area contributed by atoms with Gasteiger partial charge in [-0.2, -0.15) is 0 Å². The van der Waals surface area contributed by atoms with Gasteiger partial charge in [-0.25, -0.2) is 0 Å². The van der Waals surface area contributed by atoms with Crippen LogP contribution in [0.15, 0.2) is 24.4 Å². The van der Waals surface area contributed by atoms with E-state index in [1.165, 1.54) is 4.90 Å². The predicted octanol–water partition coefficient (Wildman–Crippen LogP) is -1.60. The number of carboxylic acid groups (broad SMARTS) is 1. The van der Waals surface area contributed by atoms with Gasteiger partial charge >= 0.3 is 0 Å². The van der Waals surface area contributed by atoms with Crippen LogP contribution in [0.3, 0.4) is 0 Å². The molecule has 0 atom stereocenters. The van der Waals surface area contributed by atoms with Crippen molar-refractivity contribution >= 4 is 12.0 Å². The fourth-order valence-electron chi connectivity index (χ4n) is 1.28. The van der Waals surface area contributed by atoms with Crippen molar-refractivity contribution in [1.29, 1.82) is 0 Å². The maximum absolute atomic E-state index is 10.3. The molecule has 82 valence electrons. The summed E-state index contributed by atoms with van der Waals surface area (Å²) in [5.41, 5.74) is 0.889. The molecule has 1 rings (SSSR count). The molecule has 0 spiro atoms. The van der Waals surface area contributed by atoms with Gasteiger partial charge < -0.3 is 19.4 Å². The van der Waals surface area contributed by atoms with E-state index < -0.39 is 5.97 Å². The molecule has 0 aromatic carbocycles. The third-order valence-electron chi connectivity index (χ3n) is 2.11. The van der Waals surface area contributed by atoms with E-state index in [0.29, 0.717) is 0 Å². The first-order valence-corrected chi connectivity index (χ1v) is 4.93. The summed E-state index contributed by atoms with van der Waals surface area (Å²) in [6, 6.07) is 3.78. The molecule has 1 aromatic heterocycles. The zero-order valence-electron chi connectivity index (χ0n) is 9.06. The first-order chi connectivity index (χ1) is 7.09. The van der Waals surface area contributed by atoms with Crippen LogP contribution < -0.4 is 10.0 Å². The van der Waals surface area contributed by atoms with Crippen molar-refractivity contribution in [2.45, 2.75) is 6.54 Å². The van der Waals surface area contributed by atoms with Crippen LogP contribution in [0.2, 0.25) is 0 Å². The molecule has 1 N–H and O–H groups in total. The highest BCUT2D eigenvalue weighted by atomic mass is 16.4. The van der Waals surface area contributed by atoms with Gasteiger partial charge in [0.2, 0.25) is 0 Å². The fraction of sp³-hybridized carbons (Fsp3) is 0.364. The molecule has 0 amide bonds. The van der Waals surface area contributed by atoms with Crippen LogP contribution in [0.5, 0.6) is 0 Å². The van der Waals surface area contributed by atoms with Crippen LogP contribution in [0, 0.1) is 0 Å². The minimum atomic E-state index is -1.17. The van der Waals surface area contributed by atoms with Gasteiger partial charge in [-0.15, -0.1) is 0 Å². The fourth-order valence-corrected chi connectivity index (χ4v) is 1.28. The van der Waals surface area contributed by atoms with Crippen molar-refractivity contribution in [1.82, 2.24) is 4.57 Å². The van der Waals surface area contributed by atoms with Crippen molar-refractivity contribution in [3.05, 3.63) is 30.1 Å². The Balaban J connectivity index is 2.65. The van der Waals surface area contributed by atoms with Crippen LogP contribution in [0.4, 0.5) is 0 Å². The summed E-state index contributed by atoms with van der Waals surface area (Å²) in [6.07, 6.45) is 4.55. The Morgan fingerprint density at radius 1 is 1.60 bits per heavy atom. The quantitative estimate of drug-likeness (QED) is 0.592. The molecule has 0 fully saturated rings. The summed E-state index contributed by atoms with van der Waals surface area (Å²) in [6.45, 7) is 1.88. The highest BCUT2D eigenvalue weighted by Gasteiger charge is 1.99. The van der Waals surface area contributed by atoms with E-state index in [4.69, 9.17) is 0 Å². The Labute approximate surface area is 89.4 Å². The van der Waals surface area contributed by atoms with E-state index in [-0.39, 0.29) is 0 Å². The minimum Gasteiger partial charge on any atom is -0.545 e. The van der Waals surface area contributed by atoms with Gasteiger partial charge in [0.1, 0.15) is 0 Å². The third kappa shape index (κ3) is 3.99. The summed E-state index contributed by atoms with van der Waals surface area (Å²) >= 11 is 0. The normalized spacial score (nSPS) is 11.4. The van der Waals surface area contributed by atoms with E-state index in [0.717, 1.165) is 24.9 Å². The monoisotopic (exact) mass is 208 g/mol. The molecule has 1 heterocycles. The molecule has 0 unspecified atom stereocenters. The molecule has 1 aromatic rings. The van der Waals surface area contributed by atoms with Crippen molar-refractivity contribution in [2.75, 3.05) is 20.6 Å². The zero-order chi connectivity index (χ0) is 11.3. The minimum absolute atomic E-state index is 0.877. The van der Waals surface area contributed by atoms with Crippen LogP contribution in [0.25, 0.3) is 6.08 Å². The molecule has 0 aliphatic rings. The van der Waals surface area contributed by atoms with Crippen LogP contribution in [-0.2, 0) is 11.3 Å². The second-order valence-electron chi connectivity index (χ2n) is 3.74. The van der Waals surface area contributed by atoms with Crippen molar-refractivity contribution in [3.63, 3.8) is 0 Å². The Hall–Kier alpha value is -1.55. The van der Waals surface area contributed by atoms with E-state index >= 15 is 0 Å². The summed E-state index contributed by atoms with van der Waals surface area (Å²) in [7, 11) is 4.17. The van der Waals surface area contributed by atoms with Crippen molar-refractivity contribution in [2.24, 2.45) is 0 Å². The number of hydrogen-bond acceptors (Lipinski definition) is 2. The summed E-state index contributed by atoms with van der Waals surface area (Å²) in [5.74, 6) is -1.17. The number of hydrogen-bond donors (Lipinski definition) is 1. The number of likely N-dealkylation sites (N-methyl/N-ethyl adjacent to an activating group) is 1. The molecule has 4 nitrogen and oxygen atoms in total. The number of aromatic nitrogens is 1. The Bertz CT molecular complexity index is 353. The van der Waals surface area contributed by atoms with Crippen molar-refractivity contribution in [3.8, 4) is 0 Å². The predicted molar refractivity (Wildman–Crippen MR) is 56.2 cm³/mol. The first-order valence-electron chi connectivity index (χ1n) is 4.93. The van der Waals surface area contributed by atoms with Gasteiger partial charge in [-0.05, 0) is 24.3 Å². The van der Waals surface area contributed by atoms with E-state index in [9.17, 15) is 9.90 Å². The van der Waals surface area contributed by atoms with Crippen LogP contribution in [-0.4, -0.2) is 31.2 Å². The number of quaternary nitrogens is 1. The second-order valence-corrected chi connectivity index (χ2v) is 3.74. The number of nitrogens with zero attached hydrogens (tertiary/aromatic N) is 1. The molecule has 0 saturated heterocycles. The lowest BCUT2D eigenvalue weighted by Crippen LogP contribution is -3.06. The molecule has 0 radical (unpaired) electrons. The highest BCUT2D eigenvalue weighted by Crippen LogP contribution is 2.03. The Morgan fingerprint density at radius 2 is 2.33 bits per heavy atom. The zero-order valence-corrected chi connectivity index (χ0v) is 9.06. The Kier molecular flexibility index (Phi) is 4.12. The number of aliphatic carboxylic acids is 1. The molecule has 0 bridgehead atoms. The first kappa shape index (κ1) is 11.5.